The number of aliphatic hydroxyl groups is 1. The molecule has 96 valence electrons. The van der Waals surface area contributed by atoms with Crippen LogP contribution in [0.15, 0.2) is 18.2 Å². The van der Waals surface area contributed by atoms with Gasteiger partial charge in [0.2, 0.25) is 0 Å². The Morgan fingerprint density at radius 3 is 2.29 bits per heavy atom. The summed E-state index contributed by atoms with van der Waals surface area (Å²) in [5.74, 6) is 0. The molecule has 1 N–H and O–H groups in total. The average Bonchev–Trinajstić information content (AvgIpc) is 2.14. The van der Waals surface area contributed by atoms with Crippen molar-refractivity contribution in [3.63, 3.8) is 0 Å². The van der Waals surface area contributed by atoms with Gasteiger partial charge >= 0.3 is 0 Å². The molecule has 0 aliphatic heterocycles. The van der Waals surface area contributed by atoms with Gasteiger partial charge in [-0.15, -0.1) is 0 Å². The molecule has 3 nitrogen and oxygen atoms in total. The Morgan fingerprint density at radius 1 is 1.35 bits per heavy atom. The van der Waals surface area contributed by atoms with Gasteiger partial charge in [0.25, 0.3) is 0 Å². The molecule has 0 heterocycles. The third-order valence-corrected chi connectivity index (χ3v) is 5.75. The zero-order chi connectivity index (χ0) is 13.4. The van der Waals surface area contributed by atoms with E-state index >= 15 is 0 Å². The quantitative estimate of drug-likeness (QED) is 0.872. The van der Waals surface area contributed by atoms with E-state index in [1.807, 2.05) is 0 Å². The third kappa shape index (κ3) is 3.06. The highest BCUT2D eigenvalue weighted by Crippen LogP contribution is 2.39. The summed E-state index contributed by atoms with van der Waals surface area (Å²) in [5.41, 5.74) is 0.221. The predicted molar refractivity (Wildman–Crippen MR) is 70.5 cm³/mol. The van der Waals surface area contributed by atoms with E-state index in [0.29, 0.717) is 5.02 Å². The van der Waals surface area contributed by atoms with Gasteiger partial charge in [-0.1, -0.05) is 40.9 Å². The van der Waals surface area contributed by atoms with Crippen LogP contribution in [-0.4, -0.2) is 24.0 Å². The van der Waals surface area contributed by atoms with E-state index in [0.717, 1.165) is 6.26 Å². The fourth-order valence-corrected chi connectivity index (χ4v) is 2.37. The lowest BCUT2D eigenvalue weighted by Gasteiger charge is -2.27. The largest absolute Gasteiger partial charge is 0.385 e. The van der Waals surface area contributed by atoms with Gasteiger partial charge in [-0.2, -0.15) is 0 Å². The van der Waals surface area contributed by atoms with Gasteiger partial charge < -0.3 is 5.11 Å². The van der Waals surface area contributed by atoms with Crippen LogP contribution in [0.3, 0.4) is 0 Å². The molecule has 0 aliphatic carbocycles. The summed E-state index contributed by atoms with van der Waals surface area (Å²) in [4.78, 5) is 0. The maximum atomic E-state index is 11.5. The first-order valence-electron chi connectivity index (χ1n) is 4.59. The van der Waals surface area contributed by atoms with Crippen molar-refractivity contribution in [1.29, 1.82) is 0 Å². The van der Waals surface area contributed by atoms with E-state index < -0.39 is 20.1 Å². The number of sulfone groups is 1. The van der Waals surface area contributed by atoms with Crippen molar-refractivity contribution >= 4 is 44.6 Å². The van der Waals surface area contributed by atoms with Crippen LogP contribution in [0.5, 0.6) is 0 Å². The molecular formula is C10H11Cl3O3S. The summed E-state index contributed by atoms with van der Waals surface area (Å²) in [5, 5.41) is 10.6. The maximum Gasteiger partial charge on any atom is 0.172 e. The second-order valence-corrected chi connectivity index (χ2v) is 8.07. The van der Waals surface area contributed by atoms with Crippen molar-refractivity contribution in [3.8, 4) is 0 Å². The zero-order valence-electron chi connectivity index (χ0n) is 9.12. The summed E-state index contributed by atoms with van der Waals surface area (Å²) < 4.78 is 21.1. The predicted octanol–water partition coefficient (Wildman–Crippen LogP) is 3.03. The van der Waals surface area contributed by atoms with Crippen LogP contribution in [0.4, 0.5) is 0 Å². The fourth-order valence-electron chi connectivity index (χ4n) is 1.20. The Bertz CT molecular complexity index is 526. The number of hydrogen-bond acceptors (Lipinski definition) is 3. The second-order valence-electron chi connectivity index (χ2n) is 3.83. The number of halogens is 3. The molecule has 7 heteroatoms. The molecule has 0 radical (unpaired) electrons. The molecule has 0 aliphatic rings. The SMILES string of the molecule is CC(Cl)(C(O)c1ccc(Cl)cc1Cl)S(C)(=O)=O. The summed E-state index contributed by atoms with van der Waals surface area (Å²) in [7, 11) is -3.65. The fraction of sp³-hybridized carbons (Fsp3) is 0.400. The Hall–Kier alpha value is -0.000000000000000111. The van der Waals surface area contributed by atoms with Gasteiger partial charge in [0, 0.05) is 21.9 Å². The van der Waals surface area contributed by atoms with Crippen LogP contribution in [0.1, 0.15) is 18.6 Å². The van der Waals surface area contributed by atoms with Gasteiger partial charge in [-0.3, -0.25) is 0 Å². The Morgan fingerprint density at radius 2 is 1.88 bits per heavy atom. The standard InChI is InChI=1S/C10H11Cl3O3S/c1-10(13,17(2,15)16)9(14)7-4-3-6(11)5-8(7)12/h3-5,9,14H,1-2H3. The minimum atomic E-state index is -3.65. The molecule has 1 rings (SSSR count). The lowest BCUT2D eigenvalue weighted by atomic mass is 10.1. The van der Waals surface area contributed by atoms with E-state index in [2.05, 4.69) is 0 Å². The smallest absolute Gasteiger partial charge is 0.172 e. The molecule has 17 heavy (non-hydrogen) atoms. The number of benzene rings is 1. The highest BCUT2D eigenvalue weighted by Gasteiger charge is 2.42. The number of alkyl halides is 1. The summed E-state index contributed by atoms with van der Waals surface area (Å²) in [6.07, 6.45) is -0.489. The van der Waals surface area contributed by atoms with Gasteiger partial charge in [0.15, 0.2) is 14.0 Å². The van der Waals surface area contributed by atoms with E-state index in [4.69, 9.17) is 34.8 Å². The minimum absolute atomic E-state index is 0.167. The molecule has 2 atom stereocenters. The average molecular weight is 318 g/mol. The van der Waals surface area contributed by atoms with Crippen LogP contribution in [0.25, 0.3) is 0 Å². The molecule has 1 aromatic carbocycles. The van der Waals surface area contributed by atoms with Gasteiger partial charge in [-0.05, 0) is 19.1 Å². The first kappa shape index (κ1) is 15.1. The molecule has 0 amide bonds. The van der Waals surface area contributed by atoms with E-state index in [1.54, 1.807) is 0 Å². The van der Waals surface area contributed by atoms with E-state index in [1.165, 1.54) is 25.1 Å². The lowest BCUT2D eigenvalue weighted by Crippen LogP contribution is -2.35. The molecular weight excluding hydrogens is 307 g/mol. The monoisotopic (exact) mass is 316 g/mol. The van der Waals surface area contributed by atoms with Crippen LogP contribution < -0.4 is 0 Å². The van der Waals surface area contributed by atoms with Crippen LogP contribution in [-0.2, 0) is 9.84 Å². The first-order valence-corrected chi connectivity index (χ1v) is 7.61. The second kappa shape index (κ2) is 4.94. The van der Waals surface area contributed by atoms with Crippen molar-refractivity contribution in [1.82, 2.24) is 0 Å². The van der Waals surface area contributed by atoms with E-state index in [-0.39, 0.29) is 10.6 Å². The van der Waals surface area contributed by atoms with Crippen molar-refractivity contribution in [2.75, 3.05) is 6.26 Å². The molecule has 1 aromatic rings. The molecule has 0 bridgehead atoms. The van der Waals surface area contributed by atoms with E-state index in [9.17, 15) is 13.5 Å². The summed E-state index contributed by atoms with van der Waals surface area (Å²) in [6.45, 7) is 1.22. The lowest BCUT2D eigenvalue weighted by molar-refractivity contribution is 0.163. The van der Waals surface area contributed by atoms with Gasteiger partial charge in [0.1, 0.15) is 6.10 Å². The normalized spacial score (nSPS) is 17.5. The van der Waals surface area contributed by atoms with Crippen molar-refractivity contribution in [3.05, 3.63) is 33.8 Å². The van der Waals surface area contributed by atoms with Gasteiger partial charge in [0.05, 0.1) is 0 Å². The maximum absolute atomic E-state index is 11.5. The summed E-state index contributed by atoms with van der Waals surface area (Å²) in [6, 6.07) is 4.36. The van der Waals surface area contributed by atoms with Crippen molar-refractivity contribution in [2.24, 2.45) is 0 Å². The topological polar surface area (TPSA) is 54.4 Å². The third-order valence-electron chi connectivity index (χ3n) is 2.47. The highest BCUT2D eigenvalue weighted by molar-refractivity contribution is 7.93. The molecule has 0 spiro atoms. The van der Waals surface area contributed by atoms with Crippen molar-refractivity contribution < 1.29 is 13.5 Å². The Labute approximate surface area is 115 Å². The number of rotatable bonds is 3. The first-order chi connectivity index (χ1) is 7.57. The molecule has 0 saturated carbocycles. The zero-order valence-corrected chi connectivity index (χ0v) is 12.2. The number of hydrogen-bond donors (Lipinski definition) is 1. The molecule has 0 aromatic heterocycles. The van der Waals surface area contributed by atoms with Crippen LogP contribution >= 0.6 is 34.8 Å². The Balaban J connectivity index is 3.26. The molecule has 0 saturated heterocycles. The summed E-state index contributed by atoms with van der Waals surface area (Å²) >= 11 is 17.5. The van der Waals surface area contributed by atoms with Gasteiger partial charge in [-0.25, -0.2) is 8.42 Å². The van der Waals surface area contributed by atoms with Crippen molar-refractivity contribution in [2.45, 2.75) is 17.2 Å². The molecule has 0 fully saturated rings. The number of aliphatic hydroxyl groups excluding tert-OH is 1. The highest BCUT2D eigenvalue weighted by atomic mass is 35.5. The molecule has 2 unspecified atom stereocenters. The van der Waals surface area contributed by atoms with Crippen LogP contribution in [0.2, 0.25) is 10.0 Å². The van der Waals surface area contributed by atoms with Crippen LogP contribution in [0, 0.1) is 0 Å². The minimum Gasteiger partial charge on any atom is -0.385 e. The Kier molecular flexibility index (Phi) is 4.37.